The van der Waals surface area contributed by atoms with Gasteiger partial charge in [0.1, 0.15) is 0 Å². The van der Waals surface area contributed by atoms with Crippen molar-refractivity contribution in [1.82, 2.24) is 15.5 Å². The van der Waals surface area contributed by atoms with E-state index in [9.17, 15) is 13.6 Å². The van der Waals surface area contributed by atoms with Crippen molar-refractivity contribution in [3.8, 4) is 0 Å². The molecule has 0 atom stereocenters. The summed E-state index contributed by atoms with van der Waals surface area (Å²) in [5.74, 6) is -0.774. The normalized spacial score (nSPS) is 10.7. The average molecular weight is 296 g/mol. The van der Waals surface area contributed by atoms with Crippen LogP contribution in [0.1, 0.15) is 29.3 Å². The second kappa shape index (κ2) is 6.29. The van der Waals surface area contributed by atoms with Gasteiger partial charge in [0.05, 0.1) is 6.54 Å². The number of hydrogen-bond acceptors (Lipinski definition) is 4. The third-order valence-corrected chi connectivity index (χ3v) is 2.80. The van der Waals surface area contributed by atoms with E-state index in [2.05, 4.69) is 25.3 Å². The molecule has 0 aliphatic carbocycles. The van der Waals surface area contributed by atoms with Gasteiger partial charge in [0, 0.05) is 5.69 Å². The number of aromatic nitrogens is 2. The average Bonchev–Trinajstić information content (AvgIpc) is 2.90. The standard InChI is InChI=1S/C13H14F2N4O2/c1-7-4-3-5-8(2)10(7)18-13(20)16-6-9-17-12(11(14)15)19-21-9/h3-5,11H,6H2,1-2H3,(H2,16,18,20). The van der Waals surface area contributed by atoms with Crippen LogP contribution in [0.5, 0.6) is 0 Å². The summed E-state index contributed by atoms with van der Waals surface area (Å²) in [7, 11) is 0. The van der Waals surface area contributed by atoms with Crippen molar-refractivity contribution in [3.63, 3.8) is 0 Å². The molecule has 1 aromatic heterocycles. The maximum Gasteiger partial charge on any atom is 0.319 e. The van der Waals surface area contributed by atoms with Crippen LogP contribution in [0, 0.1) is 13.8 Å². The topological polar surface area (TPSA) is 80.0 Å². The van der Waals surface area contributed by atoms with Crippen LogP contribution in [-0.4, -0.2) is 16.2 Å². The first-order valence-electron chi connectivity index (χ1n) is 6.19. The van der Waals surface area contributed by atoms with Crippen molar-refractivity contribution in [1.29, 1.82) is 0 Å². The van der Waals surface area contributed by atoms with Crippen LogP contribution in [-0.2, 0) is 6.54 Å². The van der Waals surface area contributed by atoms with E-state index in [-0.39, 0.29) is 12.4 Å². The minimum Gasteiger partial charge on any atom is -0.337 e. The lowest BCUT2D eigenvalue weighted by molar-refractivity contribution is 0.136. The Morgan fingerprint density at radius 1 is 1.33 bits per heavy atom. The molecule has 2 rings (SSSR count). The van der Waals surface area contributed by atoms with Gasteiger partial charge in [-0.1, -0.05) is 23.4 Å². The molecule has 0 aliphatic rings. The number of para-hydroxylation sites is 1. The number of rotatable bonds is 4. The highest BCUT2D eigenvalue weighted by molar-refractivity contribution is 5.90. The Labute approximate surface area is 119 Å². The quantitative estimate of drug-likeness (QED) is 0.909. The van der Waals surface area contributed by atoms with E-state index in [0.717, 1.165) is 11.1 Å². The molecular formula is C13H14F2N4O2. The molecule has 0 saturated carbocycles. The molecular weight excluding hydrogens is 282 g/mol. The SMILES string of the molecule is Cc1cccc(C)c1NC(=O)NCc1nc(C(F)F)no1. The zero-order valence-corrected chi connectivity index (χ0v) is 11.5. The number of carbonyl (C=O) groups is 1. The number of aryl methyl sites for hydroxylation is 2. The molecule has 21 heavy (non-hydrogen) atoms. The number of carbonyl (C=O) groups excluding carboxylic acids is 1. The summed E-state index contributed by atoms with van der Waals surface area (Å²) in [6, 6.07) is 5.15. The van der Waals surface area contributed by atoms with Crippen LogP contribution in [0.3, 0.4) is 0 Å². The molecule has 2 amide bonds. The molecule has 0 spiro atoms. The van der Waals surface area contributed by atoms with Gasteiger partial charge in [-0.3, -0.25) is 0 Å². The number of hydrogen-bond donors (Lipinski definition) is 2. The molecule has 2 aromatic rings. The van der Waals surface area contributed by atoms with Crippen molar-refractivity contribution < 1.29 is 18.1 Å². The largest absolute Gasteiger partial charge is 0.337 e. The molecule has 1 heterocycles. The Kier molecular flexibility index (Phi) is 4.46. The van der Waals surface area contributed by atoms with Crippen molar-refractivity contribution >= 4 is 11.7 Å². The van der Waals surface area contributed by atoms with Crippen LogP contribution in [0.4, 0.5) is 19.3 Å². The molecule has 2 N–H and O–H groups in total. The van der Waals surface area contributed by atoms with Crippen molar-refractivity contribution in [3.05, 3.63) is 41.0 Å². The minimum absolute atomic E-state index is 0.0815. The minimum atomic E-state index is -2.80. The fourth-order valence-electron chi connectivity index (χ4n) is 1.75. The molecule has 0 saturated heterocycles. The monoisotopic (exact) mass is 296 g/mol. The lowest BCUT2D eigenvalue weighted by atomic mass is 10.1. The number of anilines is 1. The Bertz CT molecular complexity index is 623. The summed E-state index contributed by atoms with van der Waals surface area (Å²) >= 11 is 0. The van der Waals surface area contributed by atoms with Gasteiger partial charge < -0.3 is 15.2 Å². The maximum absolute atomic E-state index is 12.3. The molecule has 0 aliphatic heterocycles. The molecule has 6 nitrogen and oxygen atoms in total. The van der Waals surface area contributed by atoms with Gasteiger partial charge in [-0.2, -0.15) is 4.98 Å². The second-order valence-corrected chi connectivity index (χ2v) is 4.42. The number of urea groups is 1. The van der Waals surface area contributed by atoms with Gasteiger partial charge in [-0.15, -0.1) is 0 Å². The summed E-state index contributed by atoms with van der Waals surface area (Å²) < 4.78 is 29.1. The summed E-state index contributed by atoms with van der Waals surface area (Å²) in [6.07, 6.45) is -2.80. The van der Waals surface area contributed by atoms with E-state index in [4.69, 9.17) is 0 Å². The molecule has 8 heteroatoms. The fraction of sp³-hybridized carbons (Fsp3) is 0.308. The van der Waals surface area contributed by atoms with E-state index in [1.807, 2.05) is 32.0 Å². The highest BCUT2D eigenvalue weighted by Gasteiger charge is 2.16. The Balaban J connectivity index is 1.93. The number of amides is 2. The van der Waals surface area contributed by atoms with E-state index in [0.29, 0.717) is 5.69 Å². The second-order valence-electron chi connectivity index (χ2n) is 4.42. The van der Waals surface area contributed by atoms with Gasteiger partial charge >= 0.3 is 12.5 Å². The smallest absolute Gasteiger partial charge is 0.319 e. The number of nitrogens with zero attached hydrogens (tertiary/aromatic N) is 2. The van der Waals surface area contributed by atoms with Gasteiger partial charge in [-0.25, -0.2) is 13.6 Å². The number of nitrogens with one attached hydrogen (secondary N) is 2. The molecule has 0 radical (unpaired) electrons. The lowest BCUT2D eigenvalue weighted by Crippen LogP contribution is -2.29. The van der Waals surface area contributed by atoms with E-state index in [1.54, 1.807) is 0 Å². The summed E-state index contributed by atoms with van der Waals surface area (Å²) in [4.78, 5) is 15.2. The lowest BCUT2D eigenvalue weighted by Gasteiger charge is -2.11. The van der Waals surface area contributed by atoms with Crippen molar-refractivity contribution in [2.75, 3.05) is 5.32 Å². The predicted molar refractivity (Wildman–Crippen MR) is 71.0 cm³/mol. The fourth-order valence-corrected chi connectivity index (χ4v) is 1.75. The number of alkyl halides is 2. The Morgan fingerprint density at radius 2 is 2.00 bits per heavy atom. The Hall–Kier alpha value is -2.51. The van der Waals surface area contributed by atoms with E-state index >= 15 is 0 Å². The first kappa shape index (κ1) is 14.9. The zero-order valence-electron chi connectivity index (χ0n) is 11.5. The first-order chi connectivity index (χ1) is 9.97. The highest BCUT2D eigenvalue weighted by Crippen LogP contribution is 2.19. The zero-order chi connectivity index (χ0) is 15.4. The first-order valence-corrected chi connectivity index (χ1v) is 6.19. The van der Waals surface area contributed by atoms with Crippen LogP contribution in [0.15, 0.2) is 22.7 Å². The molecule has 1 aromatic carbocycles. The third-order valence-electron chi connectivity index (χ3n) is 2.80. The highest BCUT2D eigenvalue weighted by atomic mass is 19.3. The van der Waals surface area contributed by atoms with Gasteiger partial charge in [0.25, 0.3) is 0 Å². The summed E-state index contributed by atoms with van der Waals surface area (Å²) in [6.45, 7) is 3.61. The van der Waals surface area contributed by atoms with Gasteiger partial charge in [0.15, 0.2) is 0 Å². The van der Waals surface area contributed by atoms with Gasteiger partial charge in [0.2, 0.25) is 11.7 Å². The molecule has 0 fully saturated rings. The van der Waals surface area contributed by atoms with Crippen molar-refractivity contribution in [2.24, 2.45) is 0 Å². The van der Waals surface area contributed by atoms with Crippen LogP contribution in [0.2, 0.25) is 0 Å². The molecule has 0 unspecified atom stereocenters. The number of halogens is 2. The van der Waals surface area contributed by atoms with E-state index in [1.165, 1.54) is 0 Å². The predicted octanol–water partition coefficient (Wildman–Crippen LogP) is 2.95. The van der Waals surface area contributed by atoms with Crippen LogP contribution in [0.25, 0.3) is 0 Å². The maximum atomic E-state index is 12.3. The van der Waals surface area contributed by atoms with Crippen LogP contribution >= 0.6 is 0 Å². The van der Waals surface area contributed by atoms with Crippen LogP contribution < -0.4 is 10.6 Å². The molecule has 112 valence electrons. The summed E-state index contributed by atoms with van der Waals surface area (Å²) in [5, 5.41) is 8.25. The van der Waals surface area contributed by atoms with Gasteiger partial charge in [-0.05, 0) is 25.0 Å². The molecule has 0 bridgehead atoms. The third kappa shape index (κ3) is 3.74. The van der Waals surface area contributed by atoms with E-state index < -0.39 is 18.3 Å². The number of benzene rings is 1. The Morgan fingerprint density at radius 3 is 2.57 bits per heavy atom. The van der Waals surface area contributed by atoms with Crippen molar-refractivity contribution in [2.45, 2.75) is 26.8 Å². The summed E-state index contributed by atoms with van der Waals surface area (Å²) in [5.41, 5.74) is 2.54.